The normalized spacial score (nSPS) is 19.6. The molecule has 0 bridgehead atoms. The molecule has 1 aromatic carbocycles. The molecule has 1 aliphatic rings. The summed E-state index contributed by atoms with van der Waals surface area (Å²) in [5, 5.41) is 6.09. The third kappa shape index (κ3) is 3.29. The van der Waals surface area contributed by atoms with Crippen molar-refractivity contribution in [2.24, 2.45) is 5.92 Å². The molecule has 1 aliphatic heterocycles. The number of carbonyl (C=O) groups excluding carboxylic acids is 1. The molecule has 98 valence electrons. The second-order valence-electron chi connectivity index (χ2n) is 4.52. The third-order valence-electron chi connectivity index (χ3n) is 3.14. The number of halogens is 2. The average molecular weight is 315 g/mol. The van der Waals surface area contributed by atoms with Crippen LogP contribution in [-0.2, 0) is 0 Å². The molecular formula is C13H16BrFN2O. The second kappa shape index (κ2) is 6.29. The zero-order valence-electron chi connectivity index (χ0n) is 10.0. The predicted octanol–water partition coefficient (Wildman–Crippen LogP) is 2.32. The van der Waals surface area contributed by atoms with E-state index in [4.69, 9.17) is 0 Å². The van der Waals surface area contributed by atoms with Crippen molar-refractivity contribution in [1.82, 2.24) is 10.6 Å². The standard InChI is InChI=1S/C13H16BrFN2O/c14-10-4-1-5-11(15)12(10)13(18)17-8-9-3-2-6-16-7-9/h1,4-5,9,16H,2-3,6-8H2,(H,17,18)/t9-/m1/s1. The molecule has 1 heterocycles. The first-order chi connectivity index (χ1) is 8.68. The van der Waals surface area contributed by atoms with Crippen molar-refractivity contribution < 1.29 is 9.18 Å². The fourth-order valence-corrected chi connectivity index (χ4v) is 2.66. The summed E-state index contributed by atoms with van der Waals surface area (Å²) in [6, 6.07) is 4.53. The molecule has 0 spiro atoms. The number of hydrogen-bond acceptors (Lipinski definition) is 2. The van der Waals surface area contributed by atoms with Crippen LogP contribution in [0.15, 0.2) is 22.7 Å². The largest absolute Gasteiger partial charge is 0.352 e. The van der Waals surface area contributed by atoms with Gasteiger partial charge in [-0.15, -0.1) is 0 Å². The Balaban J connectivity index is 1.95. The molecule has 1 atom stereocenters. The van der Waals surface area contributed by atoms with Crippen molar-refractivity contribution in [3.8, 4) is 0 Å². The topological polar surface area (TPSA) is 41.1 Å². The molecule has 0 radical (unpaired) electrons. The highest BCUT2D eigenvalue weighted by Crippen LogP contribution is 2.19. The van der Waals surface area contributed by atoms with Gasteiger partial charge in [0.25, 0.3) is 5.91 Å². The lowest BCUT2D eigenvalue weighted by atomic mass is 9.99. The highest BCUT2D eigenvalue weighted by molar-refractivity contribution is 9.10. The molecule has 1 amide bonds. The quantitative estimate of drug-likeness (QED) is 0.899. The van der Waals surface area contributed by atoms with E-state index in [1.807, 2.05) is 0 Å². The van der Waals surface area contributed by atoms with Crippen molar-refractivity contribution in [2.45, 2.75) is 12.8 Å². The number of amides is 1. The van der Waals surface area contributed by atoms with Crippen LogP contribution in [0.1, 0.15) is 23.2 Å². The first-order valence-corrected chi connectivity index (χ1v) is 6.90. The minimum absolute atomic E-state index is 0.0845. The number of carbonyl (C=O) groups is 1. The lowest BCUT2D eigenvalue weighted by Gasteiger charge is -2.23. The maximum atomic E-state index is 13.6. The molecule has 0 aromatic heterocycles. The summed E-state index contributed by atoms with van der Waals surface area (Å²) in [6.45, 7) is 2.55. The maximum absolute atomic E-state index is 13.6. The lowest BCUT2D eigenvalue weighted by molar-refractivity contribution is 0.0940. The van der Waals surface area contributed by atoms with Gasteiger partial charge in [-0.25, -0.2) is 4.39 Å². The van der Waals surface area contributed by atoms with E-state index >= 15 is 0 Å². The summed E-state index contributed by atoms with van der Waals surface area (Å²) in [5.41, 5.74) is 0.0845. The van der Waals surface area contributed by atoms with Gasteiger partial charge in [-0.3, -0.25) is 4.79 Å². The molecule has 3 nitrogen and oxygen atoms in total. The first kappa shape index (κ1) is 13.5. The van der Waals surface area contributed by atoms with Crippen molar-refractivity contribution in [3.63, 3.8) is 0 Å². The van der Waals surface area contributed by atoms with Crippen LogP contribution in [0.3, 0.4) is 0 Å². The smallest absolute Gasteiger partial charge is 0.255 e. The van der Waals surface area contributed by atoms with Crippen molar-refractivity contribution in [1.29, 1.82) is 0 Å². The Morgan fingerprint density at radius 3 is 3.06 bits per heavy atom. The molecule has 1 fully saturated rings. The molecule has 2 N–H and O–H groups in total. The zero-order valence-corrected chi connectivity index (χ0v) is 11.6. The fourth-order valence-electron chi connectivity index (χ4n) is 2.14. The van der Waals surface area contributed by atoms with E-state index < -0.39 is 5.82 Å². The summed E-state index contributed by atoms with van der Waals surface area (Å²) in [4.78, 5) is 11.9. The monoisotopic (exact) mass is 314 g/mol. The van der Waals surface area contributed by atoms with Crippen LogP contribution >= 0.6 is 15.9 Å². The lowest BCUT2D eigenvalue weighted by Crippen LogP contribution is -2.38. The Hall–Kier alpha value is -0.940. The van der Waals surface area contributed by atoms with Gasteiger partial charge in [0.15, 0.2) is 0 Å². The van der Waals surface area contributed by atoms with E-state index in [1.165, 1.54) is 6.07 Å². The Bertz CT molecular complexity index is 413. The first-order valence-electron chi connectivity index (χ1n) is 6.11. The fraction of sp³-hybridized carbons (Fsp3) is 0.462. The van der Waals surface area contributed by atoms with Gasteiger partial charge >= 0.3 is 0 Å². The molecule has 0 saturated carbocycles. The van der Waals surface area contributed by atoms with Crippen LogP contribution in [0.5, 0.6) is 0 Å². The van der Waals surface area contributed by atoms with Crippen LogP contribution < -0.4 is 10.6 Å². The summed E-state index contributed by atoms with van der Waals surface area (Å²) in [6.07, 6.45) is 2.23. The average Bonchev–Trinajstić information content (AvgIpc) is 2.37. The Labute approximate surface area is 114 Å². The zero-order chi connectivity index (χ0) is 13.0. The molecule has 1 aromatic rings. The molecule has 18 heavy (non-hydrogen) atoms. The van der Waals surface area contributed by atoms with E-state index in [0.29, 0.717) is 16.9 Å². The number of rotatable bonds is 3. The van der Waals surface area contributed by atoms with E-state index in [1.54, 1.807) is 12.1 Å². The number of benzene rings is 1. The molecule has 2 rings (SSSR count). The van der Waals surface area contributed by atoms with Gasteiger partial charge in [-0.1, -0.05) is 6.07 Å². The Morgan fingerprint density at radius 1 is 1.56 bits per heavy atom. The minimum atomic E-state index is -0.497. The van der Waals surface area contributed by atoms with Gasteiger partial charge in [0.05, 0.1) is 5.56 Å². The second-order valence-corrected chi connectivity index (χ2v) is 5.37. The highest BCUT2D eigenvalue weighted by atomic mass is 79.9. The van der Waals surface area contributed by atoms with E-state index in [-0.39, 0.29) is 11.5 Å². The van der Waals surface area contributed by atoms with Crippen LogP contribution in [-0.4, -0.2) is 25.5 Å². The number of piperidine rings is 1. The summed E-state index contributed by atoms with van der Waals surface area (Å²) in [7, 11) is 0. The number of hydrogen-bond donors (Lipinski definition) is 2. The van der Waals surface area contributed by atoms with Gasteiger partial charge in [0, 0.05) is 11.0 Å². The SMILES string of the molecule is O=C(NC[C@@H]1CCCNC1)c1c(F)cccc1Br. The van der Waals surface area contributed by atoms with Crippen LogP contribution in [0.2, 0.25) is 0 Å². The maximum Gasteiger partial charge on any atom is 0.255 e. The van der Waals surface area contributed by atoms with E-state index in [2.05, 4.69) is 26.6 Å². The minimum Gasteiger partial charge on any atom is -0.352 e. The van der Waals surface area contributed by atoms with E-state index in [9.17, 15) is 9.18 Å². The van der Waals surface area contributed by atoms with Gasteiger partial charge in [0.1, 0.15) is 5.82 Å². The van der Waals surface area contributed by atoms with Crippen molar-refractivity contribution in [2.75, 3.05) is 19.6 Å². The van der Waals surface area contributed by atoms with Gasteiger partial charge in [-0.2, -0.15) is 0 Å². The third-order valence-corrected chi connectivity index (χ3v) is 3.80. The van der Waals surface area contributed by atoms with Crippen LogP contribution in [0.4, 0.5) is 4.39 Å². The molecular weight excluding hydrogens is 299 g/mol. The van der Waals surface area contributed by atoms with Gasteiger partial charge in [-0.05, 0) is 59.9 Å². The van der Waals surface area contributed by atoms with Gasteiger partial charge in [0.2, 0.25) is 0 Å². The molecule has 5 heteroatoms. The Morgan fingerprint density at radius 2 is 2.39 bits per heavy atom. The summed E-state index contributed by atoms with van der Waals surface area (Å²) < 4.78 is 14.1. The highest BCUT2D eigenvalue weighted by Gasteiger charge is 2.18. The van der Waals surface area contributed by atoms with Gasteiger partial charge < -0.3 is 10.6 Å². The molecule has 0 aliphatic carbocycles. The summed E-state index contributed by atoms with van der Waals surface area (Å²) in [5.74, 6) is -0.414. The predicted molar refractivity (Wildman–Crippen MR) is 72.0 cm³/mol. The van der Waals surface area contributed by atoms with Crippen molar-refractivity contribution in [3.05, 3.63) is 34.1 Å². The molecule has 1 saturated heterocycles. The Kier molecular flexibility index (Phi) is 4.72. The van der Waals surface area contributed by atoms with Crippen LogP contribution in [0, 0.1) is 11.7 Å². The van der Waals surface area contributed by atoms with E-state index in [0.717, 1.165) is 25.9 Å². The number of nitrogens with one attached hydrogen (secondary N) is 2. The van der Waals surface area contributed by atoms with Crippen molar-refractivity contribution >= 4 is 21.8 Å². The summed E-state index contributed by atoms with van der Waals surface area (Å²) >= 11 is 3.20. The molecule has 0 unspecified atom stereocenters. The van der Waals surface area contributed by atoms with Crippen LogP contribution in [0.25, 0.3) is 0 Å².